The van der Waals surface area contributed by atoms with Crippen molar-refractivity contribution in [3.8, 4) is 5.75 Å². The number of benzene rings is 1. The summed E-state index contributed by atoms with van der Waals surface area (Å²) in [6, 6.07) is 1.47. The molecule has 0 saturated carbocycles. The number of hydrogen-bond donors (Lipinski definition) is 1. The molecule has 1 aromatic carbocycles. The summed E-state index contributed by atoms with van der Waals surface area (Å²) in [5, 5.41) is 8.71. The zero-order chi connectivity index (χ0) is 15.4. The van der Waals surface area contributed by atoms with Gasteiger partial charge in [0.25, 0.3) is 0 Å². The Morgan fingerprint density at radius 3 is 2.71 bits per heavy atom. The number of halogens is 2. The second-order valence-corrected chi connectivity index (χ2v) is 4.77. The van der Waals surface area contributed by atoms with Crippen LogP contribution in [0.2, 0.25) is 0 Å². The van der Waals surface area contributed by atoms with Crippen LogP contribution in [0.15, 0.2) is 12.1 Å². The molecular formula is C14H17F2NO4. The second-order valence-electron chi connectivity index (χ2n) is 4.77. The van der Waals surface area contributed by atoms with Crippen molar-refractivity contribution in [3.63, 3.8) is 0 Å². The molecule has 5 nitrogen and oxygen atoms in total. The van der Waals surface area contributed by atoms with E-state index in [1.165, 1.54) is 0 Å². The smallest absolute Gasteiger partial charge is 0.335 e. The highest BCUT2D eigenvalue weighted by Gasteiger charge is 2.22. The summed E-state index contributed by atoms with van der Waals surface area (Å²) in [4.78, 5) is 12.8. The SMILES string of the molecule is CCN1CCOC(COc2c(F)cc(C(=O)O)cc2F)C1. The van der Waals surface area contributed by atoms with Crippen molar-refractivity contribution in [2.24, 2.45) is 0 Å². The minimum Gasteiger partial charge on any atom is -0.485 e. The number of carbonyl (C=O) groups is 1. The molecule has 0 amide bonds. The predicted octanol–water partition coefficient (Wildman–Crippen LogP) is 1.76. The largest absolute Gasteiger partial charge is 0.485 e. The Kier molecular flexibility index (Phi) is 5.08. The molecule has 1 fully saturated rings. The fraction of sp³-hybridized carbons (Fsp3) is 0.500. The summed E-state index contributed by atoms with van der Waals surface area (Å²) in [6.45, 7) is 4.90. The Labute approximate surface area is 121 Å². The van der Waals surface area contributed by atoms with Crippen LogP contribution in [-0.2, 0) is 4.74 Å². The maximum atomic E-state index is 13.7. The van der Waals surface area contributed by atoms with Gasteiger partial charge in [0.05, 0.1) is 12.2 Å². The zero-order valence-electron chi connectivity index (χ0n) is 11.6. The first-order valence-corrected chi connectivity index (χ1v) is 6.70. The maximum Gasteiger partial charge on any atom is 0.335 e. The Balaban J connectivity index is 2.01. The van der Waals surface area contributed by atoms with Gasteiger partial charge in [-0.25, -0.2) is 13.6 Å². The van der Waals surface area contributed by atoms with Gasteiger partial charge in [0.2, 0.25) is 0 Å². The third-order valence-corrected chi connectivity index (χ3v) is 3.33. The number of ether oxygens (including phenoxy) is 2. The highest BCUT2D eigenvalue weighted by molar-refractivity contribution is 5.87. The Morgan fingerprint density at radius 1 is 1.48 bits per heavy atom. The van der Waals surface area contributed by atoms with Crippen LogP contribution >= 0.6 is 0 Å². The molecule has 2 rings (SSSR count). The lowest BCUT2D eigenvalue weighted by atomic mass is 10.2. The first kappa shape index (κ1) is 15.7. The van der Waals surface area contributed by atoms with Crippen LogP contribution in [0, 0.1) is 11.6 Å². The Hall–Kier alpha value is -1.73. The third kappa shape index (κ3) is 3.89. The quantitative estimate of drug-likeness (QED) is 0.898. The van der Waals surface area contributed by atoms with Crippen LogP contribution in [0.1, 0.15) is 17.3 Å². The van der Waals surface area contributed by atoms with Crippen molar-refractivity contribution in [1.82, 2.24) is 4.90 Å². The van der Waals surface area contributed by atoms with E-state index in [0.29, 0.717) is 13.2 Å². The summed E-state index contributed by atoms with van der Waals surface area (Å²) in [5.41, 5.74) is -0.455. The Morgan fingerprint density at radius 2 is 2.14 bits per heavy atom. The number of carboxylic acid groups (broad SMARTS) is 1. The molecule has 21 heavy (non-hydrogen) atoms. The standard InChI is InChI=1S/C14H17F2NO4/c1-2-17-3-4-20-10(7-17)8-21-13-11(15)5-9(14(18)19)6-12(13)16/h5-6,10H,2-4,7-8H2,1H3,(H,18,19). The molecule has 0 radical (unpaired) electrons. The average molecular weight is 301 g/mol. The van der Waals surface area contributed by atoms with Gasteiger partial charge in [0.1, 0.15) is 12.7 Å². The molecule has 1 aliphatic heterocycles. The van der Waals surface area contributed by atoms with Gasteiger partial charge in [-0.05, 0) is 18.7 Å². The van der Waals surface area contributed by atoms with Crippen molar-refractivity contribution in [2.75, 3.05) is 32.8 Å². The van der Waals surface area contributed by atoms with Crippen molar-refractivity contribution in [1.29, 1.82) is 0 Å². The number of morpholine rings is 1. The van der Waals surface area contributed by atoms with Crippen molar-refractivity contribution < 1.29 is 28.2 Å². The van der Waals surface area contributed by atoms with E-state index in [1.54, 1.807) is 0 Å². The summed E-state index contributed by atoms with van der Waals surface area (Å²) in [7, 11) is 0. The first-order valence-electron chi connectivity index (χ1n) is 6.70. The molecule has 1 saturated heterocycles. The van der Waals surface area contributed by atoms with E-state index < -0.39 is 28.9 Å². The van der Waals surface area contributed by atoms with Crippen LogP contribution in [0.3, 0.4) is 0 Å². The molecule has 1 N–H and O–H groups in total. The molecule has 1 atom stereocenters. The van der Waals surface area contributed by atoms with E-state index >= 15 is 0 Å². The van der Waals surface area contributed by atoms with Gasteiger partial charge in [-0.2, -0.15) is 0 Å². The minimum atomic E-state index is -1.39. The summed E-state index contributed by atoms with van der Waals surface area (Å²) in [6.07, 6.45) is -0.267. The number of aromatic carboxylic acids is 1. The highest BCUT2D eigenvalue weighted by Crippen LogP contribution is 2.24. The van der Waals surface area contributed by atoms with Crippen LogP contribution in [0.25, 0.3) is 0 Å². The molecular weight excluding hydrogens is 284 g/mol. The fourth-order valence-electron chi connectivity index (χ4n) is 2.17. The van der Waals surface area contributed by atoms with Gasteiger partial charge < -0.3 is 14.6 Å². The normalized spacial score (nSPS) is 19.5. The lowest BCUT2D eigenvalue weighted by Gasteiger charge is -2.31. The van der Waals surface area contributed by atoms with Crippen LogP contribution in [0.4, 0.5) is 8.78 Å². The van der Waals surface area contributed by atoms with Gasteiger partial charge in [-0.1, -0.05) is 6.92 Å². The maximum absolute atomic E-state index is 13.7. The molecule has 1 aromatic rings. The summed E-state index contributed by atoms with van der Waals surface area (Å²) >= 11 is 0. The van der Waals surface area contributed by atoms with Gasteiger partial charge >= 0.3 is 5.97 Å². The van der Waals surface area contributed by atoms with Crippen molar-refractivity contribution in [3.05, 3.63) is 29.3 Å². The van der Waals surface area contributed by atoms with Gasteiger partial charge in [0, 0.05) is 13.1 Å². The molecule has 0 spiro atoms. The number of rotatable bonds is 5. The molecule has 116 valence electrons. The van der Waals surface area contributed by atoms with Crippen molar-refractivity contribution in [2.45, 2.75) is 13.0 Å². The topological polar surface area (TPSA) is 59.0 Å². The van der Waals surface area contributed by atoms with Crippen LogP contribution in [-0.4, -0.2) is 54.9 Å². The number of nitrogens with zero attached hydrogens (tertiary/aromatic N) is 1. The molecule has 1 heterocycles. The molecule has 0 bridgehead atoms. The second kappa shape index (κ2) is 6.82. The van der Waals surface area contributed by atoms with E-state index in [4.69, 9.17) is 14.6 Å². The lowest BCUT2D eigenvalue weighted by molar-refractivity contribution is -0.0473. The molecule has 0 aromatic heterocycles. The summed E-state index contributed by atoms with van der Waals surface area (Å²) < 4.78 is 38.0. The van der Waals surface area contributed by atoms with Gasteiger partial charge in [-0.15, -0.1) is 0 Å². The average Bonchev–Trinajstić information content (AvgIpc) is 2.46. The van der Waals surface area contributed by atoms with E-state index in [9.17, 15) is 13.6 Å². The van der Waals surface area contributed by atoms with E-state index in [1.807, 2.05) is 6.92 Å². The summed E-state index contributed by atoms with van der Waals surface area (Å²) in [5.74, 6) is -4.03. The molecule has 1 aliphatic rings. The predicted molar refractivity (Wildman–Crippen MR) is 70.7 cm³/mol. The molecule has 0 aliphatic carbocycles. The third-order valence-electron chi connectivity index (χ3n) is 3.33. The molecule has 1 unspecified atom stereocenters. The molecule has 7 heteroatoms. The minimum absolute atomic E-state index is 0.0107. The van der Waals surface area contributed by atoms with E-state index in [0.717, 1.165) is 25.2 Å². The fourth-order valence-corrected chi connectivity index (χ4v) is 2.17. The monoisotopic (exact) mass is 301 g/mol. The first-order chi connectivity index (χ1) is 10.0. The van der Waals surface area contributed by atoms with Gasteiger partial charge in [-0.3, -0.25) is 4.90 Å². The lowest BCUT2D eigenvalue weighted by Crippen LogP contribution is -2.44. The Bertz CT molecular complexity index is 501. The van der Waals surface area contributed by atoms with E-state index in [-0.39, 0.29) is 12.7 Å². The van der Waals surface area contributed by atoms with Crippen molar-refractivity contribution >= 4 is 5.97 Å². The number of carboxylic acids is 1. The number of likely N-dealkylation sites (N-methyl/N-ethyl adjacent to an activating group) is 1. The zero-order valence-corrected chi connectivity index (χ0v) is 11.6. The number of hydrogen-bond acceptors (Lipinski definition) is 4. The highest BCUT2D eigenvalue weighted by atomic mass is 19.1. The van der Waals surface area contributed by atoms with E-state index in [2.05, 4.69) is 4.90 Å². The van der Waals surface area contributed by atoms with Crippen LogP contribution in [0.5, 0.6) is 5.75 Å². The van der Waals surface area contributed by atoms with Crippen LogP contribution < -0.4 is 4.74 Å². The van der Waals surface area contributed by atoms with Gasteiger partial charge in [0.15, 0.2) is 17.4 Å².